The molecule has 11 heteroatoms. The average molecular weight is 494 g/mol. The van der Waals surface area contributed by atoms with Gasteiger partial charge in [0, 0.05) is 60.9 Å². The van der Waals surface area contributed by atoms with E-state index in [9.17, 15) is 13.6 Å². The minimum atomic E-state index is -0.981. The lowest BCUT2D eigenvalue weighted by Crippen LogP contribution is -2.44. The number of carbonyl (C=O) groups is 1. The van der Waals surface area contributed by atoms with E-state index >= 15 is 0 Å². The van der Waals surface area contributed by atoms with Crippen LogP contribution in [0.25, 0.3) is 17.0 Å². The van der Waals surface area contributed by atoms with Crippen molar-refractivity contribution in [2.75, 3.05) is 43.4 Å². The highest BCUT2D eigenvalue weighted by molar-refractivity contribution is 6.04. The van der Waals surface area contributed by atoms with Crippen LogP contribution in [-0.2, 0) is 0 Å². The maximum Gasteiger partial charge on any atom is 0.274 e. The number of benzene rings is 1. The number of nitrogens with one attached hydrogen (secondary N) is 1. The van der Waals surface area contributed by atoms with Gasteiger partial charge in [-0.25, -0.2) is 13.8 Å². The van der Waals surface area contributed by atoms with Gasteiger partial charge in [0.05, 0.1) is 12.1 Å². The van der Waals surface area contributed by atoms with Crippen LogP contribution in [0, 0.1) is 12.7 Å². The second-order valence-corrected chi connectivity index (χ2v) is 9.45. The van der Waals surface area contributed by atoms with Crippen LogP contribution in [0.2, 0.25) is 0 Å². The Kier molecular flexibility index (Phi) is 5.44. The van der Waals surface area contributed by atoms with Crippen molar-refractivity contribution in [3.63, 3.8) is 0 Å². The fourth-order valence-electron chi connectivity index (χ4n) is 4.45. The highest BCUT2D eigenvalue weighted by Gasteiger charge is 2.43. The molecule has 1 aliphatic heterocycles. The summed E-state index contributed by atoms with van der Waals surface area (Å²) in [4.78, 5) is 26.4. The standard InChI is InChI=1S/C25H25F2N7O2/c1-14-18(26)9-15(23-30-25(36-31-23)17-12-19(17)27)10-20(14)29-24(35)21-13-28-22-11-16(3-4-34(21)22)33-7-5-32(2)6-8-33/h3-4,9-11,13,17,19H,5-8,12H2,1-2H3,(H,29,35)/t17-,19-/m0/s1. The van der Waals surface area contributed by atoms with Gasteiger partial charge in [-0.3, -0.25) is 9.20 Å². The number of nitrogens with zero attached hydrogens (tertiary/aromatic N) is 6. The molecular formula is C25H25F2N7O2. The van der Waals surface area contributed by atoms with Gasteiger partial charge in [0.2, 0.25) is 11.7 Å². The van der Waals surface area contributed by atoms with E-state index in [4.69, 9.17) is 4.52 Å². The molecule has 0 radical (unpaired) electrons. The van der Waals surface area contributed by atoms with Crippen molar-refractivity contribution in [3.8, 4) is 11.4 Å². The fourth-order valence-corrected chi connectivity index (χ4v) is 4.45. The second kappa shape index (κ2) is 8.66. The largest absolute Gasteiger partial charge is 0.369 e. The fraction of sp³-hybridized carbons (Fsp3) is 0.360. The molecule has 4 aromatic rings. The normalized spacial score (nSPS) is 20.2. The number of likely N-dealkylation sites (N-methyl/N-ethyl adjacent to an activating group) is 1. The molecule has 1 saturated heterocycles. The number of anilines is 2. The number of carbonyl (C=O) groups excluding carboxylic acids is 1. The van der Waals surface area contributed by atoms with Crippen LogP contribution in [0.15, 0.2) is 41.2 Å². The molecule has 2 aliphatic rings. The Balaban J connectivity index is 1.24. The summed E-state index contributed by atoms with van der Waals surface area (Å²) in [6, 6.07) is 6.79. The van der Waals surface area contributed by atoms with E-state index in [0.717, 1.165) is 31.9 Å². The molecular weight excluding hydrogens is 468 g/mol. The number of hydrogen-bond donors (Lipinski definition) is 1. The van der Waals surface area contributed by atoms with Crippen molar-refractivity contribution in [2.45, 2.75) is 25.4 Å². The molecule has 2 atom stereocenters. The van der Waals surface area contributed by atoms with Gasteiger partial charge in [-0.05, 0) is 38.6 Å². The number of pyridine rings is 1. The lowest BCUT2D eigenvalue weighted by molar-refractivity contribution is 0.102. The number of hydrogen-bond acceptors (Lipinski definition) is 7. The molecule has 9 nitrogen and oxygen atoms in total. The SMILES string of the molecule is Cc1c(F)cc(-c2noc([C@H]3C[C@@H]3F)n2)cc1NC(=O)c1cnc2cc(N3CCN(C)CC3)ccn12. The van der Waals surface area contributed by atoms with Gasteiger partial charge in [-0.1, -0.05) is 5.16 Å². The van der Waals surface area contributed by atoms with Gasteiger partial charge < -0.3 is 19.6 Å². The first kappa shape index (κ1) is 22.6. The van der Waals surface area contributed by atoms with Gasteiger partial charge in [0.1, 0.15) is 23.3 Å². The van der Waals surface area contributed by atoms with Gasteiger partial charge in [-0.2, -0.15) is 4.98 Å². The van der Waals surface area contributed by atoms with Crippen molar-refractivity contribution in [1.29, 1.82) is 0 Å². The van der Waals surface area contributed by atoms with E-state index in [-0.39, 0.29) is 23.0 Å². The monoisotopic (exact) mass is 493 g/mol. The van der Waals surface area contributed by atoms with Gasteiger partial charge in [0.25, 0.3) is 5.91 Å². The lowest BCUT2D eigenvalue weighted by atomic mass is 10.1. The molecule has 36 heavy (non-hydrogen) atoms. The summed E-state index contributed by atoms with van der Waals surface area (Å²) in [5.74, 6) is -1.01. The predicted octanol–water partition coefficient (Wildman–Crippen LogP) is 3.66. The quantitative estimate of drug-likeness (QED) is 0.454. The van der Waals surface area contributed by atoms with Crippen LogP contribution in [0.5, 0.6) is 0 Å². The molecule has 6 rings (SSSR count). The minimum absolute atomic E-state index is 0.143. The van der Waals surface area contributed by atoms with E-state index in [1.807, 2.05) is 18.3 Å². The Morgan fingerprint density at radius 3 is 2.72 bits per heavy atom. The van der Waals surface area contributed by atoms with Crippen molar-refractivity contribution in [1.82, 2.24) is 24.4 Å². The molecule has 4 heterocycles. The Morgan fingerprint density at radius 1 is 1.19 bits per heavy atom. The van der Waals surface area contributed by atoms with Gasteiger partial charge >= 0.3 is 0 Å². The van der Waals surface area contributed by atoms with Crippen molar-refractivity contribution < 1.29 is 18.1 Å². The molecule has 0 spiro atoms. The summed E-state index contributed by atoms with van der Waals surface area (Å²) >= 11 is 0. The smallest absolute Gasteiger partial charge is 0.274 e. The number of halogens is 2. The van der Waals surface area contributed by atoms with Crippen molar-refractivity contribution in [2.24, 2.45) is 0 Å². The van der Waals surface area contributed by atoms with Crippen LogP contribution in [-0.4, -0.2) is 69.7 Å². The molecule has 2 fully saturated rings. The first-order chi connectivity index (χ1) is 17.4. The van der Waals surface area contributed by atoms with Gasteiger partial charge in [-0.15, -0.1) is 0 Å². The third kappa shape index (κ3) is 4.09. The molecule has 1 amide bonds. The van der Waals surface area contributed by atoms with Crippen molar-refractivity contribution in [3.05, 3.63) is 59.6 Å². The Hall–Kier alpha value is -3.86. The zero-order chi connectivity index (χ0) is 25.0. The maximum absolute atomic E-state index is 14.7. The maximum atomic E-state index is 14.7. The summed E-state index contributed by atoms with van der Waals surface area (Å²) in [7, 11) is 2.11. The van der Waals surface area contributed by atoms with E-state index in [1.54, 1.807) is 17.4 Å². The number of fused-ring (bicyclic) bond motifs is 1. The van der Waals surface area contributed by atoms with Crippen molar-refractivity contribution >= 4 is 22.9 Å². The molecule has 1 aliphatic carbocycles. The van der Waals surface area contributed by atoms with Crippen LogP contribution in [0.1, 0.15) is 34.3 Å². The number of rotatable bonds is 5. The highest BCUT2D eigenvalue weighted by Crippen LogP contribution is 2.43. The highest BCUT2D eigenvalue weighted by atomic mass is 19.1. The number of amides is 1. The van der Waals surface area contributed by atoms with E-state index in [0.29, 0.717) is 23.3 Å². The minimum Gasteiger partial charge on any atom is -0.369 e. The molecule has 1 saturated carbocycles. The average Bonchev–Trinajstić information content (AvgIpc) is 3.24. The number of alkyl halides is 1. The second-order valence-electron chi connectivity index (χ2n) is 9.45. The third-order valence-corrected chi connectivity index (χ3v) is 6.92. The summed E-state index contributed by atoms with van der Waals surface area (Å²) in [5, 5.41) is 6.65. The van der Waals surface area contributed by atoms with E-state index < -0.39 is 23.8 Å². The summed E-state index contributed by atoms with van der Waals surface area (Å²) in [5.41, 5.74) is 2.91. The molecule has 3 aromatic heterocycles. The Morgan fingerprint density at radius 2 is 1.97 bits per heavy atom. The van der Waals surface area contributed by atoms with Crippen LogP contribution in [0.4, 0.5) is 20.2 Å². The first-order valence-electron chi connectivity index (χ1n) is 11.9. The third-order valence-electron chi connectivity index (χ3n) is 6.92. The van der Waals surface area contributed by atoms with E-state index in [1.165, 1.54) is 12.3 Å². The number of imidazole rings is 1. The summed E-state index contributed by atoms with van der Waals surface area (Å²) in [6.45, 7) is 5.41. The predicted molar refractivity (Wildman–Crippen MR) is 130 cm³/mol. The van der Waals surface area contributed by atoms with E-state index in [2.05, 4.69) is 37.3 Å². The number of piperazine rings is 1. The lowest BCUT2D eigenvalue weighted by Gasteiger charge is -2.34. The summed E-state index contributed by atoms with van der Waals surface area (Å²) in [6.07, 6.45) is 2.70. The zero-order valence-corrected chi connectivity index (χ0v) is 19.9. The topological polar surface area (TPSA) is 91.8 Å². The van der Waals surface area contributed by atoms with Crippen LogP contribution in [0.3, 0.4) is 0 Å². The Bertz CT molecular complexity index is 1460. The summed E-state index contributed by atoms with van der Waals surface area (Å²) < 4.78 is 34.9. The Labute approximate surface area is 205 Å². The first-order valence-corrected chi connectivity index (χ1v) is 11.9. The molecule has 0 bridgehead atoms. The molecule has 1 N–H and O–H groups in total. The molecule has 1 aromatic carbocycles. The number of aromatic nitrogens is 4. The van der Waals surface area contributed by atoms with Crippen LogP contribution < -0.4 is 10.2 Å². The molecule has 186 valence electrons. The zero-order valence-electron chi connectivity index (χ0n) is 19.9. The van der Waals surface area contributed by atoms with Gasteiger partial charge in [0.15, 0.2) is 0 Å². The van der Waals surface area contributed by atoms with Crippen LogP contribution >= 0.6 is 0 Å². The molecule has 0 unspecified atom stereocenters.